The smallest absolute Gasteiger partial charge is 0.399 e. The highest BCUT2D eigenvalue weighted by molar-refractivity contribution is 6.63. The van der Waals surface area contributed by atoms with Crippen LogP contribution < -0.4 is 5.46 Å². The van der Waals surface area contributed by atoms with Crippen molar-refractivity contribution in [1.29, 1.82) is 0 Å². The number of aromatic nitrogens is 6. The summed E-state index contributed by atoms with van der Waals surface area (Å²) in [6.07, 6.45) is 12.7. The van der Waals surface area contributed by atoms with Gasteiger partial charge in [-0.1, -0.05) is 287 Å². The van der Waals surface area contributed by atoms with Crippen LogP contribution in [-0.2, 0) is 20.1 Å². The zero-order valence-corrected chi connectivity index (χ0v) is 54.5. The van der Waals surface area contributed by atoms with Gasteiger partial charge in [0, 0.05) is 49.2 Å². The second-order valence-corrected chi connectivity index (χ2v) is 27.1. The van der Waals surface area contributed by atoms with Gasteiger partial charge in [-0.3, -0.25) is 0 Å². The molecule has 94 heavy (non-hydrogen) atoms. The molecule has 2 aromatic heterocycles. The van der Waals surface area contributed by atoms with Crippen LogP contribution in [0.5, 0.6) is 0 Å². The molecule has 10 aromatic carbocycles. The highest BCUT2D eigenvalue weighted by atomic mass is 35.5. The summed E-state index contributed by atoms with van der Waals surface area (Å²) in [5, 5.41) is 0.653. The fourth-order valence-electron chi connectivity index (χ4n) is 15.2. The molecule has 12 aromatic rings. The fourth-order valence-corrected chi connectivity index (χ4v) is 15.4. The second kappa shape index (κ2) is 25.4. The van der Waals surface area contributed by atoms with Crippen molar-refractivity contribution in [2.75, 3.05) is 0 Å². The van der Waals surface area contributed by atoms with Crippen molar-refractivity contribution in [2.24, 2.45) is 0 Å². The largest absolute Gasteiger partial charge is 0.495 e. The Hall–Kier alpha value is -9.51. The maximum absolute atomic E-state index is 6.49. The summed E-state index contributed by atoms with van der Waals surface area (Å²) in [5.74, 6) is 3.95. The quantitative estimate of drug-likeness (QED) is 0.139. The highest BCUT2D eigenvalue weighted by Crippen LogP contribution is 2.59. The van der Waals surface area contributed by atoms with Crippen LogP contribution in [-0.4, -0.2) is 48.2 Å². The number of rotatable bonds is 8. The third-order valence-electron chi connectivity index (χ3n) is 20.4. The monoisotopic (exact) mass is 1240 g/mol. The Labute approximate surface area is 557 Å². The molecule has 0 unspecified atom stereocenters. The van der Waals surface area contributed by atoms with E-state index in [4.69, 9.17) is 35.9 Å². The van der Waals surface area contributed by atoms with Gasteiger partial charge < -0.3 is 9.31 Å². The molecule has 3 fully saturated rings. The Morgan fingerprint density at radius 1 is 0.298 bits per heavy atom. The zero-order chi connectivity index (χ0) is 63.9. The Kier molecular flexibility index (Phi) is 16.4. The molecule has 0 N–H and O–H groups in total. The first kappa shape index (κ1) is 60.7. The first-order chi connectivity index (χ1) is 46.0. The third-order valence-corrected chi connectivity index (χ3v) is 20.7. The normalized spacial score (nSPS) is 16.4. The molecule has 17 rings (SSSR count). The number of nitrogens with zero attached hydrogens (tertiary/aromatic N) is 6. The molecule has 4 aliphatic carbocycles. The van der Waals surface area contributed by atoms with Crippen LogP contribution in [0.1, 0.15) is 114 Å². The van der Waals surface area contributed by atoms with Crippen molar-refractivity contribution in [3.05, 3.63) is 282 Å². The van der Waals surface area contributed by atoms with E-state index in [9.17, 15) is 0 Å². The minimum Gasteiger partial charge on any atom is -0.399 e. The van der Waals surface area contributed by atoms with Crippen molar-refractivity contribution in [3.8, 4) is 102 Å². The lowest BCUT2D eigenvalue weighted by molar-refractivity contribution is 0.00578. The summed E-state index contributed by atoms with van der Waals surface area (Å²) in [4.78, 5) is 28.9. The van der Waals surface area contributed by atoms with Gasteiger partial charge in [-0.2, -0.15) is 0 Å². The molecule has 5 aliphatic rings. The maximum Gasteiger partial charge on any atom is 0.495 e. The van der Waals surface area contributed by atoms with Crippen LogP contribution in [0.3, 0.4) is 0 Å². The zero-order valence-electron chi connectivity index (χ0n) is 53.8. The predicted octanol–water partition coefficient (Wildman–Crippen LogP) is 20.5. The number of hydrogen-bond donors (Lipinski definition) is 0. The van der Waals surface area contributed by atoms with Gasteiger partial charge in [-0.05, 0) is 133 Å². The number of halogens is 1. The topological polar surface area (TPSA) is 95.8 Å². The van der Waals surface area contributed by atoms with E-state index in [1.54, 1.807) is 0 Å². The molecule has 0 bridgehead atoms. The molecule has 0 amide bonds. The third kappa shape index (κ3) is 11.4. The lowest BCUT2D eigenvalue weighted by Crippen LogP contribution is -2.42. The molecule has 8 nitrogen and oxygen atoms in total. The SMILES string of the molecule is CC1(C)OB(c2cccc3c2C2(CCCCC2)c2ccccc2-3)OC1(C)C.Clc1cccc(-c2nc(-c3ccccc3)nc(-c3ccccc3)n2)c1.c1ccc(-c2nc(-c3ccccc3)nc(-c3cccc(-c4cccc5c4C4(CCCCC4)c4ccccc4-5)c3)n2)cc1. The van der Waals surface area contributed by atoms with E-state index in [2.05, 4.69) is 176 Å². The Balaban J connectivity index is 0.000000122. The predicted molar refractivity (Wildman–Crippen MR) is 383 cm³/mol. The second-order valence-electron chi connectivity index (χ2n) is 26.6. The van der Waals surface area contributed by atoms with Crippen molar-refractivity contribution >= 4 is 24.2 Å². The van der Waals surface area contributed by atoms with Gasteiger partial charge in [-0.15, -0.1) is 0 Å². The molecule has 3 heterocycles. The van der Waals surface area contributed by atoms with E-state index >= 15 is 0 Å². The summed E-state index contributed by atoms with van der Waals surface area (Å²) in [7, 11) is -0.293. The summed E-state index contributed by atoms with van der Waals surface area (Å²) in [6, 6.07) is 88.2. The van der Waals surface area contributed by atoms with Crippen LogP contribution in [0, 0.1) is 0 Å². The summed E-state index contributed by atoms with van der Waals surface area (Å²) < 4.78 is 13.0. The van der Waals surface area contributed by atoms with E-state index in [0.717, 1.165) is 33.4 Å². The Bertz CT molecular complexity index is 4590. The van der Waals surface area contributed by atoms with Gasteiger partial charge in [0.1, 0.15) is 0 Å². The van der Waals surface area contributed by atoms with Gasteiger partial charge in [0.05, 0.1) is 11.2 Å². The standard InChI is InChI=1S/C39H31N3.C24H29BO2.C21H14ClN3/c1-4-14-27(15-5-1)36-40-37(28-16-6-2-7-17-28)42-38(41-36)30-19-12-18-29(26-30)31-21-13-22-33-32-20-8-9-23-34(32)39(35(31)33)24-10-3-11-25-39;1-22(2)23(3,4)27-25(26-22)20-14-10-12-18-17-11-6-7-13-19(17)24(21(18)20)15-8-5-9-16-24;22-18-13-7-12-17(14-18)21-24-19(15-8-3-1-4-9-15)23-20(25-21)16-10-5-2-6-11-16/h1-2,4-9,12-23,26H,3,10-11,24-25H2;6-7,10-14H,5,8-9,15-16H2,1-4H3;1-14H. The van der Waals surface area contributed by atoms with Crippen LogP contribution in [0.25, 0.3) is 102 Å². The molecule has 1 saturated heterocycles. The van der Waals surface area contributed by atoms with Crippen molar-refractivity contribution < 1.29 is 9.31 Å². The van der Waals surface area contributed by atoms with E-state index in [1.807, 2.05) is 121 Å². The number of hydrogen-bond acceptors (Lipinski definition) is 8. The van der Waals surface area contributed by atoms with Crippen LogP contribution >= 0.6 is 11.6 Å². The molecule has 1 aliphatic heterocycles. The minimum absolute atomic E-state index is 0.0882. The highest BCUT2D eigenvalue weighted by Gasteiger charge is 2.55. The molecule has 2 saturated carbocycles. The minimum atomic E-state index is -0.314. The molecular formula is C84H74BClN6O2. The average molecular weight is 1250 g/mol. The van der Waals surface area contributed by atoms with E-state index in [-0.39, 0.29) is 29.2 Å². The van der Waals surface area contributed by atoms with Gasteiger partial charge in [0.25, 0.3) is 0 Å². The number of benzene rings is 10. The van der Waals surface area contributed by atoms with Crippen molar-refractivity contribution in [2.45, 2.75) is 114 Å². The van der Waals surface area contributed by atoms with Gasteiger partial charge in [0.2, 0.25) is 0 Å². The van der Waals surface area contributed by atoms with E-state index in [1.165, 1.54) is 125 Å². The van der Waals surface area contributed by atoms with Crippen molar-refractivity contribution in [3.63, 3.8) is 0 Å². The molecule has 462 valence electrons. The molecule has 0 atom stereocenters. The van der Waals surface area contributed by atoms with Crippen LogP contribution in [0.4, 0.5) is 0 Å². The molecule has 0 radical (unpaired) electrons. The Morgan fingerprint density at radius 3 is 1.06 bits per heavy atom. The lowest BCUT2D eigenvalue weighted by atomic mass is 9.62. The summed E-state index contributed by atoms with van der Waals surface area (Å²) in [5.41, 5.74) is 20.7. The average Bonchev–Trinajstić information content (AvgIpc) is 1.56. The van der Waals surface area contributed by atoms with Gasteiger partial charge in [0.15, 0.2) is 34.9 Å². The molecule has 10 heteroatoms. The summed E-state index contributed by atoms with van der Waals surface area (Å²) >= 11 is 6.14. The lowest BCUT2D eigenvalue weighted by Gasteiger charge is -2.37. The van der Waals surface area contributed by atoms with Crippen LogP contribution in [0.2, 0.25) is 5.02 Å². The van der Waals surface area contributed by atoms with Gasteiger partial charge >= 0.3 is 7.12 Å². The molecule has 2 spiro atoms. The van der Waals surface area contributed by atoms with E-state index < -0.39 is 0 Å². The first-order valence-corrected chi connectivity index (χ1v) is 33.8. The number of fused-ring (bicyclic) bond motifs is 10. The first-order valence-electron chi connectivity index (χ1n) is 33.4. The maximum atomic E-state index is 6.49. The van der Waals surface area contributed by atoms with E-state index in [0.29, 0.717) is 40.0 Å². The Morgan fingerprint density at radius 2 is 0.617 bits per heavy atom. The van der Waals surface area contributed by atoms with Gasteiger partial charge in [-0.25, -0.2) is 29.9 Å². The molecular weight excluding hydrogens is 1170 g/mol. The fraction of sp³-hybridized carbons (Fsp3) is 0.214. The van der Waals surface area contributed by atoms with Crippen LogP contribution in [0.15, 0.2) is 255 Å². The summed E-state index contributed by atoms with van der Waals surface area (Å²) in [6.45, 7) is 8.56. The van der Waals surface area contributed by atoms with Crippen molar-refractivity contribution in [1.82, 2.24) is 29.9 Å².